The fraction of sp³-hybridized carbons (Fsp3) is 0.188. The van der Waals surface area contributed by atoms with Crippen molar-refractivity contribution in [3.63, 3.8) is 0 Å². The SMILES string of the molecule is O=C1CCN(Cc2ccccc2F)c2ccccc21. The highest BCUT2D eigenvalue weighted by molar-refractivity contribution is 6.03. The van der Waals surface area contributed by atoms with Crippen LogP contribution in [-0.4, -0.2) is 12.3 Å². The molecule has 2 aromatic rings. The molecule has 2 aromatic carbocycles. The van der Waals surface area contributed by atoms with Gasteiger partial charge in [0, 0.05) is 36.3 Å². The van der Waals surface area contributed by atoms with Gasteiger partial charge in [0.15, 0.2) is 5.78 Å². The minimum atomic E-state index is -0.197. The monoisotopic (exact) mass is 255 g/mol. The molecule has 2 nitrogen and oxygen atoms in total. The third-order valence-electron chi connectivity index (χ3n) is 3.47. The number of fused-ring (bicyclic) bond motifs is 1. The lowest BCUT2D eigenvalue weighted by Gasteiger charge is -2.30. The molecule has 19 heavy (non-hydrogen) atoms. The van der Waals surface area contributed by atoms with Gasteiger partial charge in [0.2, 0.25) is 0 Å². The number of benzene rings is 2. The molecule has 0 amide bonds. The Bertz CT molecular complexity index is 624. The molecule has 0 bridgehead atoms. The Balaban J connectivity index is 1.93. The summed E-state index contributed by atoms with van der Waals surface area (Å²) in [6.45, 7) is 1.14. The molecule has 0 saturated heterocycles. The number of halogens is 1. The number of carbonyl (C=O) groups excluding carboxylic acids is 1. The highest BCUT2D eigenvalue weighted by Crippen LogP contribution is 2.28. The first kappa shape index (κ1) is 11.9. The second-order valence-corrected chi connectivity index (χ2v) is 4.70. The molecule has 0 aromatic heterocycles. The third-order valence-corrected chi connectivity index (χ3v) is 3.47. The first-order chi connectivity index (χ1) is 9.25. The molecular weight excluding hydrogens is 241 g/mol. The third kappa shape index (κ3) is 2.24. The van der Waals surface area contributed by atoms with Crippen molar-refractivity contribution in [3.05, 3.63) is 65.5 Å². The quantitative estimate of drug-likeness (QED) is 0.819. The molecule has 0 unspecified atom stereocenters. The van der Waals surface area contributed by atoms with Gasteiger partial charge in [-0.3, -0.25) is 4.79 Å². The predicted molar refractivity (Wildman–Crippen MR) is 72.8 cm³/mol. The summed E-state index contributed by atoms with van der Waals surface area (Å²) in [5.41, 5.74) is 2.30. The zero-order chi connectivity index (χ0) is 13.2. The van der Waals surface area contributed by atoms with Gasteiger partial charge in [-0.2, -0.15) is 0 Å². The number of nitrogens with zero attached hydrogens (tertiary/aromatic N) is 1. The minimum Gasteiger partial charge on any atom is -0.366 e. The lowest BCUT2D eigenvalue weighted by Crippen LogP contribution is -2.31. The Kier molecular flexibility index (Phi) is 3.03. The molecule has 96 valence electrons. The van der Waals surface area contributed by atoms with E-state index in [1.165, 1.54) is 6.07 Å². The van der Waals surface area contributed by atoms with Crippen LogP contribution in [0.4, 0.5) is 10.1 Å². The summed E-state index contributed by atoms with van der Waals surface area (Å²) in [4.78, 5) is 13.9. The zero-order valence-corrected chi connectivity index (χ0v) is 10.5. The molecule has 0 atom stereocenters. The van der Waals surface area contributed by atoms with Crippen LogP contribution in [0.25, 0.3) is 0 Å². The number of carbonyl (C=O) groups is 1. The van der Waals surface area contributed by atoms with E-state index in [0.29, 0.717) is 25.1 Å². The molecule has 0 fully saturated rings. The van der Waals surface area contributed by atoms with E-state index < -0.39 is 0 Å². The maximum absolute atomic E-state index is 13.7. The van der Waals surface area contributed by atoms with E-state index in [4.69, 9.17) is 0 Å². The predicted octanol–water partition coefficient (Wildman–Crippen LogP) is 3.42. The van der Waals surface area contributed by atoms with E-state index >= 15 is 0 Å². The summed E-state index contributed by atoms with van der Waals surface area (Å²) in [7, 11) is 0. The van der Waals surface area contributed by atoms with Crippen LogP contribution < -0.4 is 4.90 Å². The van der Waals surface area contributed by atoms with Gasteiger partial charge in [0.05, 0.1) is 0 Å². The molecule has 3 heteroatoms. The molecule has 0 radical (unpaired) electrons. The Morgan fingerprint density at radius 3 is 2.63 bits per heavy atom. The molecule has 0 N–H and O–H groups in total. The highest BCUT2D eigenvalue weighted by atomic mass is 19.1. The van der Waals surface area contributed by atoms with E-state index in [9.17, 15) is 9.18 Å². The van der Waals surface area contributed by atoms with E-state index in [2.05, 4.69) is 4.90 Å². The zero-order valence-electron chi connectivity index (χ0n) is 10.5. The summed E-state index contributed by atoms with van der Waals surface area (Å²) < 4.78 is 13.7. The molecule has 3 rings (SSSR count). The number of hydrogen-bond acceptors (Lipinski definition) is 2. The van der Waals surface area contributed by atoms with Crippen molar-refractivity contribution in [2.24, 2.45) is 0 Å². The smallest absolute Gasteiger partial charge is 0.166 e. The van der Waals surface area contributed by atoms with Gasteiger partial charge >= 0.3 is 0 Å². The van der Waals surface area contributed by atoms with Gasteiger partial charge in [0.25, 0.3) is 0 Å². The number of ketones is 1. The summed E-state index contributed by atoms with van der Waals surface area (Å²) in [5.74, 6) is -0.0303. The van der Waals surface area contributed by atoms with E-state index in [1.54, 1.807) is 12.1 Å². The van der Waals surface area contributed by atoms with Crippen LogP contribution >= 0.6 is 0 Å². The van der Waals surface area contributed by atoms with Gasteiger partial charge in [-0.25, -0.2) is 4.39 Å². The summed E-state index contributed by atoms with van der Waals surface area (Å²) in [6.07, 6.45) is 0.492. The summed E-state index contributed by atoms with van der Waals surface area (Å²) >= 11 is 0. The second-order valence-electron chi connectivity index (χ2n) is 4.70. The van der Waals surface area contributed by atoms with Crippen molar-refractivity contribution < 1.29 is 9.18 Å². The van der Waals surface area contributed by atoms with E-state index in [1.807, 2.05) is 30.3 Å². The molecule has 0 spiro atoms. The maximum Gasteiger partial charge on any atom is 0.166 e. The Labute approximate surface area is 111 Å². The van der Waals surface area contributed by atoms with E-state index in [0.717, 1.165) is 11.3 Å². The minimum absolute atomic E-state index is 0.167. The van der Waals surface area contributed by atoms with Gasteiger partial charge < -0.3 is 4.90 Å². The van der Waals surface area contributed by atoms with Gasteiger partial charge in [-0.05, 0) is 18.2 Å². The molecule has 0 aliphatic carbocycles. The van der Waals surface area contributed by atoms with Gasteiger partial charge in [0.1, 0.15) is 5.82 Å². The molecule has 1 aliphatic heterocycles. The largest absolute Gasteiger partial charge is 0.366 e. The number of rotatable bonds is 2. The van der Waals surface area contributed by atoms with Crippen LogP contribution in [0, 0.1) is 5.82 Å². The van der Waals surface area contributed by atoms with Gasteiger partial charge in [-0.1, -0.05) is 30.3 Å². The van der Waals surface area contributed by atoms with Crippen LogP contribution in [-0.2, 0) is 6.54 Å². The standard InChI is InChI=1S/C16H14FNO/c17-14-7-3-1-5-12(14)11-18-10-9-16(19)13-6-2-4-8-15(13)18/h1-8H,9-11H2. The van der Waals surface area contributed by atoms with Gasteiger partial charge in [-0.15, -0.1) is 0 Å². The first-order valence-corrected chi connectivity index (χ1v) is 6.36. The normalized spacial score (nSPS) is 14.4. The number of anilines is 1. The highest BCUT2D eigenvalue weighted by Gasteiger charge is 2.22. The fourth-order valence-corrected chi connectivity index (χ4v) is 2.47. The van der Waals surface area contributed by atoms with Crippen LogP contribution in [0.15, 0.2) is 48.5 Å². The molecule has 1 heterocycles. The molecular formula is C16H14FNO. The van der Waals surface area contributed by atoms with Crippen LogP contribution in [0.3, 0.4) is 0 Å². The lowest BCUT2D eigenvalue weighted by atomic mass is 10.00. The van der Waals surface area contributed by atoms with E-state index in [-0.39, 0.29) is 11.6 Å². The van der Waals surface area contributed by atoms with Crippen molar-refractivity contribution in [2.75, 3.05) is 11.4 Å². The summed E-state index contributed by atoms with van der Waals surface area (Å²) in [6, 6.07) is 14.3. The average Bonchev–Trinajstić information content (AvgIpc) is 2.44. The topological polar surface area (TPSA) is 20.3 Å². The number of hydrogen-bond donors (Lipinski definition) is 0. The van der Waals surface area contributed by atoms with Crippen molar-refractivity contribution in [1.82, 2.24) is 0 Å². The van der Waals surface area contributed by atoms with Crippen LogP contribution in [0.2, 0.25) is 0 Å². The fourth-order valence-electron chi connectivity index (χ4n) is 2.47. The number of Topliss-reactive ketones (excluding diaryl/α,β-unsaturated/α-hetero) is 1. The average molecular weight is 255 g/mol. The Morgan fingerprint density at radius 1 is 1.05 bits per heavy atom. The Morgan fingerprint density at radius 2 is 1.79 bits per heavy atom. The second kappa shape index (κ2) is 4.84. The number of para-hydroxylation sites is 1. The van der Waals surface area contributed by atoms with Crippen LogP contribution in [0.5, 0.6) is 0 Å². The summed E-state index contributed by atoms with van der Waals surface area (Å²) in [5, 5.41) is 0. The van der Waals surface area contributed by atoms with Crippen molar-refractivity contribution in [2.45, 2.75) is 13.0 Å². The van der Waals surface area contributed by atoms with Crippen LogP contribution in [0.1, 0.15) is 22.3 Å². The Hall–Kier alpha value is -2.16. The van der Waals surface area contributed by atoms with Crippen molar-refractivity contribution in [3.8, 4) is 0 Å². The molecule has 0 saturated carbocycles. The lowest BCUT2D eigenvalue weighted by molar-refractivity contribution is 0.0979. The molecule has 1 aliphatic rings. The maximum atomic E-state index is 13.7. The van der Waals surface area contributed by atoms with Crippen molar-refractivity contribution >= 4 is 11.5 Å². The van der Waals surface area contributed by atoms with Crippen molar-refractivity contribution in [1.29, 1.82) is 0 Å². The first-order valence-electron chi connectivity index (χ1n) is 6.36.